The van der Waals surface area contributed by atoms with Crippen LogP contribution in [0.15, 0.2) is 24.3 Å². The predicted molar refractivity (Wildman–Crippen MR) is 48.6 cm³/mol. The lowest BCUT2D eigenvalue weighted by Gasteiger charge is -2.03. The summed E-state index contributed by atoms with van der Waals surface area (Å²) in [7, 11) is 0. The summed E-state index contributed by atoms with van der Waals surface area (Å²) in [5.41, 5.74) is 12.7. The number of nitrogens with two attached hydrogens (primary N) is 2. The number of hydrogen-bond acceptors (Lipinski definition) is 3. The van der Waals surface area contributed by atoms with Crippen LogP contribution in [0.1, 0.15) is 5.56 Å². The Bertz CT molecular complexity index is 256. The normalized spacial score (nSPS) is 12.4. The molecule has 0 radical (unpaired) electrons. The zero-order valence-electron chi connectivity index (χ0n) is 6.73. The number of carbonyl (C=O) groups excluding carboxylic acids is 1. The smallest absolute Gasteiger partial charge is 0.137 e. The van der Waals surface area contributed by atoms with Gasteiger partial charge < -0.3 is 16.3 Å². The third-order valence-corrected chi connectivity index (χ3v) is 1.63. The van der Waals surface area contributed by atoms with Crippen molar-refractivity contribution in [3.8, 4) is 0 Å². The molecule has 3 heteroatoms. The van der Waals surface area contributed by atoms with Crippen molar-refractivity contribution < 1.29 is 4.79 Å². The first-order valence-electron chi connectivity index (χ1n) is 3.77. The Balaban J connectivity index is 2.64. The van der Waals surface area contributed by atoms with Crippen LogP contribution in [-0.4, -0.2) is 12.3 Å². The van der Waals surface area contributed by atoms with Gasteiger partial charge in [-0.1, -0.05) is 12.1 Å². The molecule has 1 aromatic carbocycles. The SMILES string of the molecule is Nc1ccc(C[C@@H](N)C=O)cc1. The Kier molecular flexibility index (Phi) is 2.82. The van der Waals surface area contributed by atoms with Crippen LogP contribution in [0.25, 0.3) is 0 Å². The van der Waals surface area contributed by atoms with E-state index in [2.05, 4.69) is 0 Å². The lowest BCUT2D eigenvalue weighted by Crippen LogP contribution is -2.23. The molecule has 0 aromatic heterocycles. The molecule has 0 saturated heterocycles. The van der Waals surface area contributed by atoms with Crippen LogP contribution in [0.2, 0.25) is 0 Å². The summed E-state index contributed by atoms with van der Waals surface area (Å²) in [5.74, 6) is 0. The van der Waals surface area contributed by atoms with Gasteiger partial charge in [0.25, 0.3) is 0 Å². The maximum Gasteiger partial charge on any atom is 0.137 e. The van der Waals surface area contributed by atoms with Gasteiger partial charge in [-0.3, -0.25) is 0 Å². The summed E-state index contributed by atoms with van der Waals surface area (Å²) in [6.07, 6.45) is 1.32. The zero-order valence-corrected chi connectivity index (χ0v) is 6.73. The number of nitrogen functional groups attached to an aromatic ring is 1. The second-order valence-corrected chi connectivity index (χ2v) is 2.75. The van der Waals surface area contributed by atoms with E-state index in [4.69, 9.17) is 11.5 Å². The number of rotatable bonds is 3. The molecular weight excluding hydrogens is 152 g/mol. The number of benzene rings is 1. The van der Waals surface area contributed by atoms with Crippen LogP contribution >= 0.6 is 0 Å². The molecule has 0 spiro atoms. The molecule has 1 aromatic rings. The van der Waals surface area contributed by atoms with E-state index in [1.165, 1.54) is 0 Å². The van der Waals surface area contributed by atoms with Gasteiger partial charge in [0.05, 0.1) is 6.04 Å². The molecule has 1 rings (SSSR count). The van der Waals surface area contributed by atoms with Gasteiger partial charge >= 0.3 is 0 Å². The van der Waals surface area contributed by atoms with Crippen LogP contribution in [0.5, 0.6) is 0 Å². The fourth-order valence-corrected chi connectivity index (χ4v) is 0.974. The van der Waals surface area contributed by atoms with Gasteiger partial charge in [0.1, 0.15) is 6.29 Å². The van der Waals surface area contributed by atoms with Crippen LogP contribution in [0, 0.1) is 0 Å². The summed E-state index contributed by atoms with van der Waals surface area (Å²) in [6, 6.07) is 6.94. The van der Waals surface area contributed by atoms with Crippen molar-refractivity contribution in [3.63, 3.8) is 0 Å². The maximum atomic E-state index is 10.2. The summed E-state index contributed by atoms with van der Waals surface area (Å²) in [4.78, 5) is 10.2. The molecule has 0 aliphatic rings. The van der Waals surface area contributed by atoms with Crippen LogP contribution in [0.3, 0.4) is 0 Å². The Morgan fingerprint density at radius 2 is 1.92 bits per heavy atom. The fourth-order valence-electron chi connectivity index (χ4n) is 0.974. The second-order valence-electron chi connectivity index (χ2n) is 2.75. The molecule has 0 saturated carbocycles. The zero-order chi connectivity index (χ0) is 8.97. The van der Waals surface area contributed by atoms with Crippen molar-refractivity contribution in [2.45, 2.75) is 12.5 Å². The van der Waals surface area contributed by atoms with Crippen molar-refractivity contribution >= 4 is 12.0 Å². The molecule has 0 amide bonds. The van der Waals surface area contributed by atoms with Crippen molar-refractivity contribution in [1.29, 1.82) is 0 Å². The Labute approximate surface area is 71.4 Å². The Morgan fingerprint density at radius 3 is 2.42 bits per heavy atom. The van der Waals surface area contributed by atoms with Gasteiger partial charge in [-0.05, 0) is 24.1 Å². The minimum absolute atomic E-state index is 0.409. The lowest BCUT2D eigenvalue weighted by atomic mass is 10.1. The first kappa shape index (κ1) is 8.74. The van der Waals surface area contributed by atoms with Gasteiger partial charge in [0, 0.05) is 5.69 Å². The molecular formula is C9H12N2O. The maximum absolute atomic E-state index is 10.2. The number of anilines is 1. The average Bonchev–Trinajstić information content (AvgIpc) is 2.09. The summed E-state index contributed by atoms with van der Waals surface area (Å²) < 4.78 is 0. The van der Waals surface area contributed by atoms with E-state index in [-0.39, 0.29) is 0 Å². The van der Waals surface area contributed by atoms with E-state index in [1.54, 1.807) is 12.1 Å². The highest BCUT2D eigenvalue weighted by Crippen LogP contribution is 2.06. The van der Waals surface area contributed by atoms with E-state index in [0.717, 1.165) is 17.5 Å². The molecule has 0 bridgehead atoms. The van der Waals surface area contributed by atoms with Crippen molar-refractivity contribution in [2.24, 2.45) is 5.73 Å². The highest BCUT2D eigenvalue weighted by Gasteiger charge is 2.00. The number of hydrogen-bond donors (Lipinski definition) is 2. The van der Waals surface area contributed by atoms with Gasteiger partial charge in [-0.15, -0.1) is 0 Å². The first-order valence-corrected chi connectivity index (χ1v) is 3.77. The minimum Gasteiger partial charge on any atom is -0.399 e. The van der Waals surface area contributed by atoms with Gasteiger partial charge in [-0.2, -0.15) is 0 Å². The fraction of sp³-hybridized carbons (Fsp3) is 0.222. The molecule has 0 aliphatic carbocycles. The minimum atomic E-state index is -0.409. The van der Waals surface area contributed by atoms with Crippen molar-refractivity contribution in [1.82, 2.24) is 0 Å². The molecule has 0 aliphatic heterocycles. The molecule has 0 heterocycles. The highest BCUT2D eigenvalue weighted by molar-refractivity contribution is 5.58. The van der Waals surface area contributed by atoms with Crippen LogP contribution in [0.4, 0.5) is 5.69 Å². The van der Waals surface area contributed by atoms with Crippen molar-refractivity contribution in [3.05, 3.63) is 29.8 Å². The topological polar surface area (TPSA) is 69.1 Å². The average molecular weight is 164 g/mol. The lowest BCUT2D eigenvalue weighted by molar-refractivity contribution is -0.108. The monoisotopic (exact) mass is 164 g/mol. The van der Waals surface area contributed by atoms with E-state index in [1.807, 2.05) is 12.1 Å². The Morgan fingerprint density at radius 1 is 1.33 bits per heavy atom. The molecule has 0 unspecified atom stereocenters. The quantitative estimate of drug-likeness (QED) is 0.500. The molecule has 12 heavy (non-hydrogen) atoms. The highest BCUT2D eigenvalue weighted by atomic mass is 16.1. The standard InChI is InChI=1S/C9H12N2O/c10-8-3-1-7(2-4-8)5-9(11)6-12/h1-4,6,9H,5,10-11H2/t9-/m1/s1. The van der Waals surface area contributed by atoms with Crippen molar-refractivity contribution in [2.75, 3.05) is 5.73 Å². The summed E-state index contributed by atoms with van der Waals surface area (Å²) in [5, 5.41) is 0. The van der Waals surface area contributed by atoms with Crippen LogP contribution < -0.4 is 11.5 Å². The summed E-state index contributed by atoms with van der Waals surface area (Å²) >= 11 is 0. The molecule has 0 fully saturated rings. The second kappa shape index (κ2) is 3.88. The molecule has 64 valence electrons. The Hall–Kier alpha value is -1.35. The number of carbonyl (C=O) groups is 1. The molecule has 3 nitrogen and oxygen atoms in total. The van der Waals surface area contributed by atoms with E-state index in [9.17, 15) is 4.79 Å². The number of aldehydes is 1. The third-order valence-electron chi connectivity index (χ3n) is 1.63. The van der Waals surface area contributed by atoms with Gasteiger partial charge in [0.2, 0.25) is 0 Å². The van der Waals surface area contributed by atoms with Crippen LogP contribution in [-0.2, 0) is 11.2 Å². The van der Waals surface area contributed by atoms with E-state index < -0.39 is 6.04 Å². The first-order chi connectivity index (χ1) is 5.72. The van der Waals surface area contributed by atoms with Gasteiger partial charge in [0.15, 0.2) is 0 Å². The molecule has 4 N–H and O–H groups in total. The summed E-state index contributed by atoms with van der Waals surface area (Å²) in [6.45, 7) is 0. The molecule has 1 atom stereocenters. The van der Waals surface area contributed by atoms with E-state index in [0.29, 0.717) is 6.42 Å². The third kappa shape index (κ3) is 2.36. The van der Waals surface area contributed by atoms with E-state index >= 15 is 0 Å². The largest absolute Gasteiger partial charge is 0.399 e. The predicted octanol–water partition coefficient (Wildman–Crippen LogP) is 0.337. The van der Waals surface area contributed by atoms with Gasteiger partial charge in [-0.25, -0.2) is 0 Å².